The molecule has 6 heteroatoms. The van der Waals surface area contributed by atoms with Crippen LogP contribution in [0, 0.1) is 0 Å². The second kappa shape index (κ2) is 13.9. The molecule has 0 fully saturated rings. The van der Waals surface area contributed by atoms with E-state index in [2.05, 4.69) is 6.92 Å². The number of rotatable bonds is 11. The fourth-order valence-corrected chi connectivity index (χ4v) is 1.77. The summed E-state index contributed by atoms with van der Waals surface area (Å²) in [4.78, 5) is 22.0. The maximum Gasteiger partial charge on any atom is 0.324 e. The summed E-state index contributed by atoms with van der Waals surface area (Å²) in [6, 6.07) is -1.15. The van der Waals surface area contributed by atoms with Gasteiger partial charge in [-0.3, -0.25) is 9.59 Å². The molecule has 0 heterocycles. The normalized spacial score (nSPS) is 13.2. The maximum atomic E-state index is 11.4. The van der Waals surface area contributed by atoms with E-state index in [9.17, 15) is 9.59 Å². The van der Waals surface area contributed by atoms with Crippen molar-refractivity contribution < 1.29 is 19.4 Å². The topological polar surface area (TPSA) is 89.6 Å². The Labute approximate surface area is 143 Å². The first-order valence-corrected chi connectivity index (χ1v) is 7.17. The second-order valence-corrected chi connectivity index (χ2v) is 4.93. The third kappa shape index (κ3) is 11.7. The van der Waals surface area contributed by atoms with E-state index in [1.165, 1.54) is 32.6 Å². The van der Waals surface area contributed by atoms with Crippen LogP contribution in [0.5, 0.6) is 0 Å². The Kier molecular flexibility index (Phi) is 15.4. The smallest absolute Gasteiger partial charge is 0.324 e. The predicted molar refractivity (Wildman–Crippen MR) is 79.5 cm³/mol. The molecule has 0 aliphatic heterocycles. The molecule has 0 spiro atoms. The van der Waals surface area contributed by atoms with Crippen LogP contribution in [0.25, 0.3) is 0 Å². The number of carboxylic acid groups (broad SMARTS) is 1. The minimum Gasteiger partial charge on any atom is -0.480 e. The van der Waals surface area contributed by atoms with Gasteiger partial charge in [-0.1, -0.05) is 45.4 Å². The van der Waals surface area contributed by atoms with Gasteiger partial charge in [-0.05, 0) is 13.3 Å². The van der Waals surface area contributed by atoms with Crippen molar-refractivity contribution >= 4 is 41.5 Å². The van der Waals surface area contributed by atoms with Crippen LogP contribution < -0.4 is 5.73 Å². The molecule has 0 bridgehead atoms. The van der Waals surface area contributed by atoms with Crippen LogP contribution in [-0.2, 0) is 14.3 Å². The Hall–Kier alpha value is -0.100. The number of hydrogen-bond acceptors (Lipinski definition) is 4. The molecule has 20 heavy (non-hydrogen) atoms. The zero-order valence-corrected chi connectivity index (χ0v) is 15.1. The van der Waals surface area contributed by atoms with Crippen LogP contribution in [0.15, 0.2) is 0 Å². The van der Waals surface area contributed by atoms with E-state index < -0.39 is 18.1 Å². The van der Waals surface area contributed by atoms with Crippen molar-refractivity contribution in [3.63, 3.8) is 0 Å². The zero-order chi connectivity index (χ0) is 14.7. The minimum absolute atomic E-state index is 0. The first kappa shape index (κ1) is 22.2. The third-order valence-corrected chi connectivity index (χ3v) is 3.09. The van der Waals surface area contributed by atoms with Crippen molar-refractivity contribution in [2.24, 2.45) is 5.73 Å². The molecule has 0 aliphatic rings. The Morgan fingerprint density at radius 1 is 1.10 bits per heavy atom. The second-order valence-electron chi connectivity index (χ2n) is 4.93. The Balaban J connectivity index is 0. The van der Waals surface area contributed by atoms with Crippen LogP contribution in [0.2, 0.25) is 0 Å². The molecule has 0 amide bonds. The molecule has 0 saturated heterocycles. The Bertz CT molecular complexity index is 274. The zero-order valence-electron chi connectivity index (χ0n) is 13.1. The average molecular weight is 296 g/mol. The molecule has 3 N–H and O–H groups in total. The summed E-state index contributed by atoms with van der Waals surface area (Å²) >= 11 is 0. The molecule has 1 radical (unpaired) electrons. The van der Waals surface area contributed by atoms with Gasteiger partial charge in [0.2, 0.25) is 0 Å². The van der Waals surface area contributed by atoms with Gasteiger partial charge in [-0.2, -0.15) is 0 Å². The van der Waals surface area contributed by atoms with Crippen molar-refractivity contribution in [2.75, 3.05) is 0 Å². The van der Waals surface area contributed by atoms with Crippen LogP contribution in [0.4, 0.5) is 0 Å². The van der Waals surface area contributed by atoms with Gasteiger partial charge in [0.15, 0.2) is 0 Å². The molecule has 113 valence electrons. The standard InChI is InChI=1S/C14H27NO4.Na/c1-3-4-5-6-7-8-9-10-12(16)19-11(2)13(15)14(17)18;/h11,13H,3-10,15H2,1-2H3,(H,17,18);/t11-,13+;/m1./s1. The summed E-state index contributed by atoms with van der Waals surface area (Å²) in [5.41, 5.74) is 5.35. The molecule has 0 aliphatic carbocycles. The maximum absolute atomic E-state index is 11.4. The van der Waals surface area contributed by atoms with E-state index >= 15 is 0 Å². The van der Waals surface area contributed by atoms with Crippen molar-refractivity contribution in [2.45, 2.75) is 77.4 Å². The van der Waals surface area contributed by atoms with E-state index in [0.717, 1.165) is 19.3 Å². The fraction of sp³-hybridized carbons (Fsp3) is 0.857. The van der Waals surface area contributed by atoms with E-state index in [1.54, 1.807) is 0 Å². The largest absolute Gasteiger partial charge is 0.480 e. The third-order valence-electron chi connectivity index (χ3n) is 3.09. The number of carbonyl (C=O) groups excluding carboxylic acids is 1. The summed E-state index contributed by atoms with van der Waals surface area (Å²) in [7, 11) is 0. The molecule has 0 rings (SSSR count). The van der Waals surface area contributed by atoms with Gasteiger partial charge < -0.3 is 15.6 Å². The molecule has 2 atom stereocenters. The minimum atomic E-state index is -1.16. The molecular formula is C14H27NNaO4. The van der Waals surface area contributed by atoms with Gasteiger partial charge in [0.05, 0.1) is 0 Å². The van der Waals surface area contributed by atoms with Gasteiger partial charge in [0.1, 0.15) is 12.1 Å². The molecule has 0 aromatic carbocycles. The van der Waals surface area contributed by atoms with E-state index in [4.69, 9.17) is 15.6 Å². The van der Waals surface area contributed by atoms with Crippen molar-refractivity contribution in [3.05, 3.63) is 0 Å². The number of carbonyl (C=O) groups is 2. The monoisotopic (exact) mass is 296 g/mol. The Morgan fingerprint density at radius 2 is 1.60 bits per heavy atom. The van der Waals surface area contributed by atoms with Crippen LogP contribution in [0.1, 0.15) is 65.2 Å². The van der Waals surface area contributed by atoms with Crippen LogP contribution in [0.3, 0.4) is 0 Å². The van der Waals surface area contributed by atoms with E-state index in [0.29, 0.717) is 6.42 Å². The number of carboxylic acids is 1. The molecule has 0 aromatic rings. The molecule has 0 unspecified atom stereocenters. The predicted octanol–water partition coefficient (Wildman–Crippen LogP) is 2.09. The van der Waals surface area contributed by atoms with Gasteiger partial charge in [0, 0.05) is 36.0 Å². The number of esters is 1. The Morgan fingerprint density at radius 3 is 2.10 bits per heavy atom. The first-order valence-electron chi connectivity index (χ1n) is 7.17. The summed E-state index contributed by atoms with van der Waals surface area (Å²) in [5.74, 6) is -1.52. The molecule has 0 aromatic heterocycles. The number of hydrogen-bond donors (Lipinski definition) is 2. The number of aliphatic carboxylic acids is 1. The number of nitrogens with two attached hydrogens (primary N) is 1. The van der Waals surface area contributed by atoms with E-state index in [-0.39, 0.29) is 35.5 Å². The first-order chi connectivity index (χ1) is 8.99. The summed E-state index contributed by atoms with van der Waals surface area (Å²) in [6.07, 6.45) is 7.46. The molecule has 5 nitrogen and oxygen atoms in total. The van der Waals surface area contributed by atoms with Crippen molar-refractivity contribution in [1.82, 2.24) is 0 Å². The summed E-state index contributed by atoms with van der Waals surface area (Å²) < 4.78 is 4.97. The van der Waals surface area contributed by atoms with Gasteiger partial charge in [0.25, 0.3) is 0 Å². The van der Waals surface area contributed by atoms with E-state index in [1.807, 2.05) is 0 Å². The molecular weight excluding hydrogens is 269 g/mol. The SMILES string of the molecule is CCCCCCCCCC(=O)O[C@H](C)[C@H](N)C(=O)O.[Na]. The number of ether oxygens (including phenoxy) is 1. The van der Waals surface area contributed by atoms with Crippen LogP contribution in [-0.4, -0.2) is 58.7 Å². The number of unbranched alkanes of at least 4 members (excludes halogenated alkanes) is 6. The summed E-state index contributed by atoms with van der Waals surface area (Å²) in [5, 5.41) is 8.67. The average Bonchev–Trinajstić information content (AvgIpc) is 2.36. The van der Waals surface area contributed by atoms with Crippen molar-refractivity contribution in [1.29, 1.82) is 0 Å². The fourth-order valence-electron chi connectivity index (χ4n) is 1.77. The van der Waals surface area contributed by atoms with Crippen molar-refractivity contribution in [3.8, 4) is 0 Å². The van der Waals surface area contributed by atoms with Gasteiger partial charge in [-0.15, -0.1) is 0 Å². The van der Waals surface area contributed by atoms with Gasteiger partial charge in [-0.25, -0.2) is 0 Å². The molecule has 0 saturated carbocycles. The van der Waals surface area contributed by atoms with Crippen LogP contribution >= 0.6 is 0 Å². The van der Waals surface area contributed by atoms with Gasteiger partial charge >= 0.3 is 11.9 Å². The quantitative estimate of drug-likeness (QED) is 0.346. The summed E-state index contributed by atoms with van der Waals surface area (Å²) in [6.45, 7) is 3.68.